The summed E-state index contributed by atoms with van der Waals surface area (Å²) < 4.78 is 25.7. The van der Waals surface area contributed by atoms with Crippen LogP contribution in [0.2, 0.25) is 0 Å². The van der Waals surface area contributed by atoms with Crippen LogP contribution in [0.5, 0.6) is 0 Å². The molecule has 0 bridgehead atoms. The van der Waals surface area contributed by atoms with Crippen LogP contribution in [0.15, 0.2) is 18.2 Å². The minimum atomic E-state index is -0.863. The van der Waals surface area contributed by atoms with Gasteiger partial charge in [0.25, 0.3) is 0 Å². The van der Waals surface area contributed by atoms with E-state index in [0.717, 1.165) is 6.07 Å². The number of carbonyl (C=O) groups is 1. The smallest absolute Gasteiger partial charge is 0.320 e. The van der Waals surface area contributed by atoms with Gasteiger partial charge in [-0.25, -0.2) is 8.78 Å². The summed E-state index contributed by atoms with van der Waals surface area (Å²) in [5, 5.41) is 11.7. The van der Waals surface area contributed by atoms with Crippen molar-refractivity contribution in [2.45, 2.75) is 18.9 Å². The molecule has 1 saturated heterocycles. The zero-order valence-electron chi connectivity index (χ0n) is 9.12. The highest BCUT2D eigenvalue weighted by molar-refractivity contribution is 5.73. The molecule has 2 atom stereocenters. The lowest BCUT2D eigenvalue weighted by Gasteiger charge is -2.08. The number of carboxylic acid groups (broad SMARTS) is 1. The highest BCUT2D eigenvalue weighted by atomic mass is 19.2. The molecule has 17 heavy (non-hydrogen) atoms. The summed E-state index contributed by atoms with van der Waals surface area (Å²) in [6.45, 7) is 0.593. The highest BCUT2D eigenvalue weighted by Gasteiger charge is 2.29. The van der Waals surface area contributed by atoms with Gasteiger partial charge >= 0.3 is 5.97 Å². The van der Waals surface area contributed by atoms with Crippen molar-refractivity contribution in [2.24, 2.45) is 5.92 Å². The van der Waals surface area contributed by atoms with E-state index in [1.165, 1.54) is 12.1 Å². The van der Waals surface area contributed by atoms with Crippen molar-refractivity contribution in [3.8, 4) is 0 Å². The first-order valence-corrected chi connectivity index (χ1v) is 5.46. The molecule has 0 aliphatic carbocycles. The lowest BCUT2D eigenvalue weighted by Crippen LogP contribution is -2.29. The maximum Gasteiger partial charge on any atom is 0.320 e. The second-order valence-electron chi connectivity index (χ2n) is 4.35. The average molecular weight is 241 g/mol. The van der Waals surface area contributed by atoms with Gasteiger partial charge in [-0.05, 0) is 43.0 Å². The second kappa shape index (κ2) is 4.79. The van der Waals surface area contributed by atoms with Crippen LogP contribution in [0.1, 0.15) is 12.0 Å². The molecule has 5 heteroatoms. The highest BCUT2D eigenvalue weighted by Crippen LogP contribution is 2.20. The molecule has 0 radical (unpaired) electrons. The van der Waals surface area contributed by atoms with Gasteiger partial charge in [0.2, 0.25) is 0 Å². The van der Waals surface area contributed by atoms with Crippen molar-refractivity contribution >= 4 is 5.97 Å². The number of halogens is 2. The minimum Gasteiger partial charge on any atom is -0.480 e. The molecule has 0 amide bonds. The lowest BCUT2D eigenvalue weighted by molar-refractivity contribution is -0.139. The first-order valence-electron chi connectivity index (χ1n) is 5.46. The largest absolute Gasteiger partial charge is 0.480 e. The van der Waals surface area contributed by atoms with Crippen LogP contribution in [0.25, 0.3) is 0 Å². The Kier molecular flexibility index (Phi) is 3.38. The van der Waals surface area contributed by atoms with E-state index in [-0.39, 0.29) is 5.92 Å². The number of nitrogens with one attached hydrogen (secondary N) is 1. The van der Waals surface area contributed by atoms with E-state index in [4.69, 9.17) is 5.11 Å². The van der Waals surface area contributed by atoms with Crippen molar-refractivity contribution in [3.63, 3.8) is 0 Å². The molecule has 1 aliphatic rings. The number of hydrogen-bond acceptors (Lipinski definition) is 2. The van der Waals surface area contributed by atoms with E-state index in [0.29, 0.717) is 24.9 Å². The molecule has 0 saturated carbocycles. The zero-order valence-corrected chi connectivity index (χ0v) is 9.12. The van der Waals surface area contributed by atoms with Gasteiger partial charge in [0.15, 0.2) is 11.6 Å². The molecule has 2 rings (SSSR count). The van der Waals surface area contributed by atoms with Crippen molar-refractivity contribution in [1.82, 2.24) is 5.32 Å². The first kappa shape index (κ1) is 12.0. The molecule has 1 aromatic carbocycles. The van der Waals surface area contributed by atoms with Gasteiger partial charge in [-0.2, -0.15) is 0 Å². The van der Waals surface area contributed by atoms with Gasteiger partial charge in [0, 0.05) is 0 Å². The van der Waals surface area contributed by atoms with Gasteiger partial charge < -0.3 is 10.4 Å². The Morgan fingerprint density at radius 1 is 1.41 bits per heavy atom. The van der Waals surface area contributed by atoms with Crippen LogP contribution in [-0.4, -0.2) is 23.7 Å². The van der Waals surface area contributed by atoms with Gasteiger partial charge in [0.1, 0.15) is 6.04 Å². The number of rotatable bonds is 3. The van der Waals surface area contributed by atoms with Gasteiger partial charge in [-0.15, -0.1) is 0 Å². The molecule has 1 aliphatic heterocycles. The van der Waals surface area contributed by atoms with Crippen LogP contribution < -0.4 is 5.32 Å². The maximum absolute atomic E-state index is 13.0. The molecular formula is C12H13F2NO2. The average Bonchev–Trinajstić information content (AvgIpc) is 2.72. The molecule has 0 spiro atoms. The normalized spacial score (nSPS) is 23.9. The lowest BCUT2D eigenvalue weighted by atomic mass is 9.96. The summed E-state index contributed by atoms with van der Waals surface area (Å²) in [5.74, 6) is -2.43. The quantitative estimate of drug-likeness (QED) is 0.844. The Balaban J connectivity index is 1.98. The standard InChI is InChI=1S/C12H13F2NO2/c13-9-2-1-7(4-10(9)14)3-8-5-11(12(16)17)15-6-8/h1-2,4,8,11,15H,3,5-6H2,(H,16,17)/t8-,11-/m1/s1. The van der Waals surface area contributed by atoms with Crippen LogP contribution in [0.3, 0.4) is 0 Å². The Bertz CT molecular complexity index is 437. The molecule has 0 unspecified atom stereocenters. The van der Waals surface area contributed by atoms with Gasteiger partial charge in [0.05, 0.1) is 0 Å². The molecule has 92 valence electrons. The maximum atomic E-state index is 13.0. The molecule has 2 N–H and O–H groups in total. The number of hydrogen-bond donors (Lipinski definition) is 2. The summed E-state index contributed by atoms with van der Waals surface area (Å²) in [4.78, 5) is 10.7. The number of benzene rings is 1. The number of carboxylic acids is 1. The molecular weight excluding hydrogens is 228 g/mol. The first-order chi connectivity index (χ1) is 8.06. The predicted octanol–water partition coefficient (Wildman–Crippen LogP) is 1.57. The molecule has 1 aromatic rings. The topological polar surface area (TPSA) is 49.3 Å². The van der Waals surface area contributed by atoms with E-state index in [9.17, 15) is 13.6 Å². The monoisotopic (exact) mass is 241 g/mol. The summed E-state index contributed by atoms with van der Waals surface area (Å²) in [7, 11) is 0. The predicted molar refractivity (Wildman–Crippen MR) is 57.6 cm³/mol. The summed E-state index contributed by atoms with van der Waals surface area (Å²) in [5.41, 5.74) is 0.696. The zero-order chi connectivity index (χ0) is 12.4. The Labute approximate surface area is 97.5 Å². The Morgan fingerprint density at radius 3 is 2.76 bits per heavy atom. The third-order valence-electron chi connectivity index (χ3n) is 3.03. The minimum absolute atomic E-state index is 0.154. The summed E-state index contributed by atoms with van der Waals surface area (Å²) in [6.07, 6.45) is 1.09. The second-order valence-corrected chi connectivity index (χ2v) is 4.35. The Hall–Kier alpha value is -1.49. The van der Waals surface area contributed by atoms with E-state index in [1.54, 1.807) is 0 Å². The third-order valence-corrected chi connectivity index (χ3v) is 3.03. The van der Waals surface area contributed by atoms with Crippen LogP contribution in [-0.2, 0) is 11.2 Å². The van der Waals surface area contributed by atoms with Crippen molar-refractivity contribution in [3.05, 3.63) is 35.4 Å². The van der Waals surface area contributed by atoms with Gasteiger partial charge in [-0.3, -0.25) is 4.79 Å². The van der Waals surface area contributed by atoms with E-state index in [2.05, 4.69) is 5.32 Å². The van der Waals surface area contributed by atoms with Crippen molar-refractivity contribution in [1.29, 1.82) is 0 Å². The molecule has 3 nitrogen and oxygen atoms in total. The van der Waals surface area contributed by atoms with Crippen LogP contribution in [0, 0.1) is 17.6 Å². The van der Waals surface area contributed by atoms with Crippen molar-refractivity contribution in [2.75, 3.05) is 6.54 Å². The third kappa shape index (κ3) is 2.79. The number of aliphatic carboxylic acids is 1. The molecule has 1 fully saturated rings. The molecule has 1 heterocycles. The summed E-state index contributed by atoms with van der Waals surface area (Å²) in [6, 6.07) is 3.28. The molecule has 0 aromatic heterocycles. The van der Waals surface area contributed by atoms with Gasteiger partial charge in [-0.1, -0.05) is 6.07 Å². The summed E-state index contributed by atoms with van der Waals surface area (Å²) >= 11 is 0. The fourth-order valence-electron chi connectivity index (χ4n) is 2.15. The van der Waals surface area contributed by atoms with E-state index >= 15 is 0 Å². The van der Waals surface area contributed by atoms with Crippen molar-refractivity contribution < 1.29 is 18.7 Å². The SMILES string of the molecule is O=C(O)[C@H]1C[C@@H](Cc2ccc(F)c(F)c2)CN1. The Morgan fingerprint density at radius 2 is 2.18 bits per heavy atom. The van der Waals surface area contributed by atoms with Crippen LogP contribution in [0.4, 0.5) is 8.78 Å². The van der Waals surface area contributed by atoms with Crippen LogP contribution >= 0.6 is 0 Å². The van der Waals surface area contributed by atoms with E-state index in [1.807, 2.05) is 0 Å². The fraction of sp³-hybridized carbons (Fsp3) is 0.417. The fourth-order valence-corrected chi connectivity index (χ4v) is 2.15. The van der Waals surface area contributed by atoms with E-state index < -0.39 is 23.6 Å².